The van der Waals surface area contributed by atoms with E-state index < -0.39 is 0 Å². The number of nitrogens with two attached hydrogens (primary N) is 1. The van der Waals surface area contributed by atoms with Gasteiger partial charge in [-0.25, -0.2) is 4.68 Å². The third-order valence-corrected chi connectivity index (χ3v) is 3.33. The number of rotatable bonds is 2. The van der Waals surface area contributed by atoms with Gasteiger partial charge in [0.25, 0.3) is 0 Å². The molecule has 5 heteroatoms. The molecule has 0 amide bonds. The first-order chi connectivity index (χ1) is 10.2. The molecule has 102 valence electrons. The van der Waals surface area contributed by atoms with Crippen LogP contribution in [0.4, 0.5) is 5.82 Å². The lowest BCUT2D eigenvalue weighted by atomic mass is 10.1. The third kappa shape index (κ3) is 2.60. The van der Waals surface area contributed by atoms with Crippen molar-refractivity contribution < 1.29 is 0 Å². The molecule has 3 aromatic rings. The van der Waals surface area contributed by atoms with Crippen LogP contribution < -0.4 is 5.73 Å². The maximum absolute atomic E-state index is 8.82. The summed E-state index contributed by atoms with van der Waals surface area (Å²) in [7, 11) is 0. The second-order valence-electron chi connectivity index (χ2n) is 4.54. The van der Waals surface area contributed by atoms with Gasteiger partial charge < -0.3 is 5.73 Å². The molecular formula is C16H11ClN4. The summed E-state index contributed by atoms with van der Waals surface area (Å²) in [5.74, 6) is 0.523. The fourth-order valence-corrected chi connectivity index (χ4v) is 2.26. The number of aromatic nitrogens is 2. The van der Waals surface area contributed by atoms with Gasteiger partial charge in [0.1, 0.15) is 5.82 Å². The molecule has 4 nitrogen and oxygen atoms in total. The summed E-state index contributed by atoms with van der Waals surface area (Å²) < 4.78 is 1.64. The van der Waals surface area contributed by atoms with Crippen LogP contribution in [-0.2, 0) is 0 Å². The lowest BCUT2D eigenvalue weighted by molar-refractivity contribution is 0.895. The first-order valence-electron chi connectivity index (χ1n) is 6.29. The van der Waals surface area contributed by atoms with Gasteiger partial charge in [0.2, 0.25) is 0 Å². The molecule has 21 heavy (non-hydrogen) atoms. The summed E-state index contributed by atoms with van der Waals surface area (Å²) in [6, 6.07) is 18.4. The molecule has 1 heterocycles. The number of nitrogens with zero attached hydrogens (tertiary/aromatic N) is 3. The third-order valence-electron chi connectivity index (χ3n) is 3.10. The lowest BCUT2D eigenvalue weighted by Crippen LogP contribution is -2.01. The predicted octanol–water partition coefficient (Wildman–Crippen LogP) is 3.65. The Balaban J connectivity index is 2.03. The number of hydrogen-bond acceptors (Lipinski definition) is 3. The van der Waals surface area contributed by atoms with Crippen LogP contribution in [-0.4, -0.2) is 9.78 Å². The Morgan fingerprint density at radius 1 is 1.10 bits per heavy atom. The van der Waals surface area contributed by atoms with Gasteiger partial charge in [0, 0.05) is 16.7 Å². The van der Waals surface area contributed by atoms with Crippen molar-refractivity contribution in [1.29, 1.82) is 5.26 Å². The van der Waals surface area contributed by atoms with E-state index in [9.17, 15) is 0 Å². The van der Waals surface area contributed by atoms with Crippen LogP contribution in [0, 0.1) is 11.3 Å². The van der Waals surface area contributed by atoms with Crippen molar-refractivity contribution in [3.05, 3.63) is 65.2 Å². The number of anilines is 1. The van der Waals surface area contributed by atoms with Crippen molar-refractivity contribution in [1.82, 2.24) is 9.78 Å². The van der Waals surface area contributed by atoms with Gasteiger partial charge in [-0.15, -0.1) is 0 Å². The van der Waals surface area contributed by atoms with Gasteiger partial charge >= 0.3 is 0 Å². The van der Waals surface area contributed by atoms with Crippen molar-refractivity contribution in [2.45, 2.75) is 0 Å². The highest BCUT2D eigenvalue weighted by Crippen LogP contribution is 2.25. The molecule has 0 radical (unpaired) electrons. The van der Waals surface area contributed by atoms with E-state index in [1.165, 1.54) is 0 Å². The first kappa shape index (κ1) is 13.2. The smallest absolute Gasteiger partial charge is 0.127 e. The largest absolute Gasteiger partial charge is 0.384 e. The van der Waals surface area contributed by atoms with E-state index >= 15 is 0 Å². The molecule has 0 saturated carbocycles. The SMILES string of the molecule is N#Cc1ccc(-n2nc(-c3cccc(Cl)c3)cc2N)cc1. The van der Waals surface area contributed by atoms with E-state index in [0.29, 0.717) is 16.4 Å². The molecule has 0 atom stereocenters. The minimum absolute atomic E-state index is 0.523. The van der Waals surface area contributed by atoms with Crippen LogP contribution in [0.1, 0.15) is 5.56 Å². The fourth-order valence-electron chi connectivity index (χ4n) is 2.07. The topological polar surface area (TPSA) is 67.6 Å². The Morgan fingerprint density at radius 3 is 2.52 bits per heavy atom. The van der Waals surface area contributed by atoms with Crippen molar-refractivity contribution in [2.24, 2.45) is 0 Å². The van der Waals surface area contributed by atoms with Crippen molar-refractivity contribution >= 4 is 17.4 Å². The number of nitrogen functional groups attached to an aromatic ring is 1. The Hall–Kier alpha value is -2.77. The molecule has 0 bridgehead atoms. The highest BCUT2D eigenvalue weighted by molar-refractivity contribution is 6.30. The van der Waals surface area contributed by atoms with Crippen molar-refractivity contribution in [2.75, 3.05) is 5.73 Å². The van der Waals surface area contributed by atoms with E-state index in [4.69, 9.17) is 22.6 Å². The molecule has 0 fully saturated rings. The van der Waals surface area contributed by atoms with Crippen LogP contribution >= 0.6 is 11.6 Å². The number of nitriles is 1. The molecule has 2 aromatic carbocycles. The van der Waals surface area contributed by atoms with Gasteiger partial charge in [0.15, 0.2) is 0 Å². The van der Waals surface area contributed by atoms with E-state index in [2.05, 4.69) is 11.2 Å². The number of halogens is 1. The van der Waals surface area contributed by atoms with Gasteiger partial charge in [0.05, 0.1) is 23.0 Å². The molecule has 0 aliphatic carbocycles. The van der Waals surface area contributed by atoms with E-state index in [0.717, 1.165) is 16.9 Å². The zero-order chi connectivity index (χ0) is 14.8. The highest BCUT2D eigenvalue weighted by atomic mass is 35.5. The second kappa shape index (κ2) is 5.31. The number of hydrogen-bond donors (Lipinski definition) is 1. The molecule has 0 spiro atoms. The summed E-state index contributed by atoms with van der Waals surface area (Å²) in [6.45, 7) is 0. The maximum atomic E-state index is 8.82. The van der Waals surface area contributed by atoms with Crippen LogP contribution in [0.5, 0.6) is 0 Å². The minimum Gasteiger partial charge on any atom is -0.384 e. The molecular weight excluding hydrogens is 284 g/mol. The van der Waals surface area contributed by atoms with Crippen LogP contribution in [0.15, 0.2) is 54.6 Å². The Morgan fingerprint density at radius 2 is 1.86 bits per heavy atom. The Labute approximate surface area is 127 Å². The highest BCUT2D eigenvalue weighted by Gasteiger charge is 2.09. The van der Waals surface area contributed by atoms with Crippen LogP contribution in [0.2, 0.25) is 5.02 Å². The maximum Gasteiger partial charge on any atom is 0.127 e. The molecule has 2 N–H and O–H groups in total. The minimum atomic E-state index is 0.523. The average molecular weight is 295 g/mol. The molecule has 0 saturated heterocycles. The van der Waals surface area contributed by atoms with Gasteiger partial charge in [-0.05, 0) is 36.4 Å². The second-order valence-corrected chi connectivity index (χ2v) is 4.97. The average Bonchev–Trinajstić information content (AvgIpc) is 2.89. The lowest BCUT2D eigenvalue weighted by Gasteiger charge is -2.03. The van der Waals surface area contributed by atoms with Crippen molar-refractivity contribution in [3.8, 4) is 23.0 Å². The van der Waals surface area contributed by atoms with Gasteiger partial charge in [-0.3, -0.25) is 0 Å². The molecule has 0 aliphatic rings. The van der Waals surface area contributed by atoms with Crippen LogP contribution in [0.25, 0.3) is 16.9 Å². The summed E-state index contributed by atoms with van der Waals surface area (Å²) in [6.07, 6.45) is 0. The fraction of sp³-hybridized carbons (Fsp3) is 0. The molecule has 3 rings (SSSR count). The molecule has 1 aromatic heterocycles. The monoisotopic (exact) mass is 294 g/mol. The summed E-state index contributed by atoms with van der Waals surface area (Å²) >= 11 is 6.00. The summed E-state index contributed by atoms with van der Waals surface area (Å²) in [5.41, 5.74) is 9.08. The quantitative estimate of drug-likeness (QED) is 0.784. The zero-order valence-corrected chi connectivity index (χ0v) is 11.7. The normalized spacial score (nSPS) is 10.3. The van der Waals surface area contributed by atoms with E-state index in [-0.39, 0.29) is 0 Å². The number of benzene rings is 2. The van der Waals surface area contributed by atoms with E-state index in [1.807, 2.05) is 36.4 Å². The Kier molecular flexibility index (Phi) is 3.35. The van der Waals surface area contributed by atoms with Gasteiger partial charge in [-0.1, -0.05) is 23.7 Å². The van der Waals surface area contributed by atoms with Gasteiger partial charge in [-0.2, -0.15) is 10.4 Å². The predicted molar refractivity (Wildman–Crippen MR) is 83.1 cm³/mol. The molecule has 0 aliphatic heterocycles. The van der Waals surface area contributed by atoms with E-state index in [1.54, 1.807) is 22.9 Å². The standard InChI is InChI=1S/C16H11ClN4/c17-13-3-1-2-12(8-13)15-9-16(19)21(20-15)14-6-4-11(10-18)5-7-14/h1-9H,19H2. The zero-order valence-electron chi connectivity index (χ0n) is 11.0. The molecule has 0 unspecified atom stereocenters. The summed E-state index contributed by atoms with van der Waals surface area (Å²) in [5, 5.41) is 14.0. The Bertz CT molecular complexity index is 828. The van der Waals surface area contributed by atoms with Crippen LogP contribution in [0.3, 0.4) is 0 Å². The van der Waals surface area contributed by atoms with Crippen molar-refractivity contribution in [3.63, 3.8) is 0 Å². The summed E-state index contributed by atoms with van der Waals surface area (Å²) in [4.78, 5) is 0. The first-order valence-corrected chi connectivity index (χ1v) is 6.67.